The van der Waals surface area contributed by atoms with Crippen LogP contribution in [0.2, 0.25) is 0 Å². The maximum atomic E-state index is 13.9. The quantitative estimate of drug-likeness (QED) is 0.727. The van der Waals surface area contributed by atoms with Crippen molar-refractivity contribution in [3.8, 4) is 0 Å². The van der Waals surface area contributed by atoms with E-state index in [1.807, 2.05) is 45.2 Å². The van der Waals surface area contributed by atoms with Crippen LogP contribution in [0, 0.1) is 5.41 Å². The maximum absolute atomic E-state index is 13.9. The van der Waals surface area contributed by atoms with Gasteiger partial charge in [-0.2, -0.15) is 18.3 Å². The molecular weight excluding hydrogens is 391 g/mol. The van der Waals surface area contributed by atoms with Crippen molar-refractivity contribution in [1.82, 2.24) is 19.7 Å². The van der Waals surface area contributed by atoms with Gasteiger partial charge in [-0.15, -0.1) is 0 Å². The average Bonchev–Trinajstić information content (AvgIpc) is 3.11. The zero-order valence-electron chi connectivity index (χ0n) is 17.8. The number of alkyl halides is 3. The topological polar surface area (TPSA) is 46.0 Å². The zero-order chi connectivity index (χ0) is 21.5. The summed E-state index contributed by atoms with van der Waals surface area (Å²) < 4.78 is 42.8. The lowest BCUT2D eigenvalue weighted by Gasteiger charge is -2.39. The van der Waals surface area contributed by atoms with E-state index in [4.69, 9.17) is 0 Å². The van der Waals surface area contributed by atoms with E-state index in [1.54, 1.807) is 6.20 Å². The molecule has 2 aliphatic heterocycles. The molecule has 1 saturated heterocycles. The number of aromatic nitrogens is 3. The summed E-state index contributed by atoms with van der Waals surface area (Å²) in [5, 5.41) is 7.84. The molecule has 0 unspecified atom stereocenters. The number of nitrogens with zero attached hydrogens (tertiary/aromatic N) is 4. The van der Waals surface area contributed by atoms with Crippen LogP contribution in [0.5, 0.6) is 0 Å². The number of nitrogens with one attached hydrogen (secondary N) is 1. The highest BCUT2D eigenvalue weighted by molar-refractivity contribution is 5.42. The van der Waals surface area contributed by atoms with E-state index < -0.39 is 12.2 Å². The molecule has 2 aromatic rings. The number of rotatable bonds is 3. The van der Waals surface area contributed by atoms with Gasteiger partial charge in [0, 0.05) is 31.0 Å². The number of pyridine rings is 1. The van der Waals surface area contributed by atoms with Crippen LogP contribution in [-0.4, -0.2) is 38.4 Å². The SMILES string of the molecule is CC(C)(C)[C@@H]1C[C@H](C(F)(F)F)n2nc([C@@H]3CCCCN3Cc3cccnc3)cc2N1. The van der Waals surface area contributed by atoms with E-state index in [0.717, 1.165) is 43.6 Å². The van der Waals surface area contributed by atoms with Crippen molar-refractivity contribution < 1.29 is 13.2 Å². The number of anilines is 1. The molecule has 0 spiro atoms. The van der Waals surface area contributed by atoms with Gasteiger partial charge in [0.15, 0.2) is 6.04 Å². The van der Waals surface area contributed by atoms with Gasteiger partial charge in [-0.1, -0.05) is 33.3 Å². The van der Waals surface area contributed by atoms with Crippen molar-refractivity contribution in [2.75, 3.05) is 11.9 Å². The first-order chi connectivity index (χ1) is 14.1. The van der Waals surface area contributed by atoms with Crippen LogP contribution in [0.4, 0.5) is 19.0 Å². The van der Waals surface area contributed by atoms with Gasteiger partial charge in [0.1, 0.15) is 5.82 Å². The zero-order valence-corrected chi connectivity index (χ0v) is 17.8. The predicted octanol–water partition coefficient (Wildman–Crippen LogP) is 5.34. The Hall–Kier alpha value is -2.09. The van der Waals surface area contributed by atoms with Gasteiger partial charge in [0.25, 0.3) is 0 Å². The predicted molar refractivity (Wildman–Crippen MR) is 110 cm³/mol. The van der Waals surface area contributed by atoms with Gasteiger partial charge in [0.2, 0.25) is 0 Å². The normalized spacial score (nSPS) is 25.6. The first kappa shape index (κ1) is 21.2. The molecule has 0 aromatic carbocycles. The highest BCUT2D eigenvalue weighted by atomic mass is 19.4. The lowest BCUT2D eigenvalue weighted by atomic mass is 9.82. The molecule has 3 atom stereocenters. The highest BCUT2D eigenvalue weighted by Crippen LogP contribution is 2.44. The molecular formula is C22H30F3N5. The molecule has 4 rings (SSSR count). The molecule has 164 valence electrons. The average molecular weight is 422 g/mol. The van der Waals surface area contributed by atoms with Crippen molar-refractivity contribution in [3.63, 3.8) is 0 Å². The Labute approximate surface area is 175 Å². The van der Waals surface area contributed by atoms with E-state index in [1.165, 1.54) is 4.68 Å². The van der Waals surface area contributed by atoms with Crippen LogP contribution in [0.15, 0.2) is 30.6 Å². The summed E-state index contributed by atoms with van der Waals surface area (Å²) in [6.07, 6.45) is 2.29. The summed E-state index contributed by atoms with van der Waals surface area (Å²) in [6, 6.07) is 3.94. The minimum atomic E-state index is -4.33. The Bertz CT molecular complexity index is 856. The van der Waals surface area contributed by atoms with Crippen LogP contribution in [0.25, 0.3) is 0 Å². The van der Waals surface area contributed by atoms with E-state index in [2.05, 4.69) is 20.3 Å². The minimum absolute atomic E-state index is 0.00874. The number of piperidine rings is 1. The van der Waals surface area contributed by atoms with Crippen LogP contribution in [0.3, 0.4) is 0 Å². The third-order valence-electron chi connectivity index (χ3n) is 6.32. The summed E-state index contributed by atoms with van der Waals surface area (Å²) in [6.45, 7) is 7.55. The highest BCUT2D eigenvalue weighted by Gasteiger charge is 2.48. The van der Waals surface area contributed by atoms with Crippen LogP contribution in [-0.2, 0) is 6.54 Å². The third kappa shape index (κ3) is 4.33. The fourth-order valence-corrected chi connectivity index (χ4v) is 4.57. The van der Waals surface area contributed by atoms with E-state index in [9.17, 15) is 13.2 Å². The minimum Gasteiger partial charge on any atom is -0.367 e. The second kappa shape index (κ2) is 7.87. The number of hydrogen-bond acceptors (Lipinski definition) is 4. The van der Waals surface area contributed by atoms with Crippen molar-refractivity contribution in [3.05, 3.63) is 41.9 Å². The van der Waals surface area contributed by atoms with Crippen molar-refractivity contribution in [1.29, 1.82) is 0 Å². The Kier molecular flexibility index (Phi) is 5.55. The maximum Gasteiger partial charge on any atom is 0.410 e. The lowest BCUT2D eigenvalue weighted by molar-refractivity contribution is -0.175. The van der Waals surface area contributed by atoms with Gasteiger partial charge < -0.3 is 5.32 Å². The summed E-state index contributed by atoms with van der Waals surface area (Å²) in [5.74, 6) is 0.477. The van der Waals surface area contributed by atoms with Crippen LogP contribution in [0.1, 0.15) is 69.8 Å². The number of fused-ring (bicyclic) bond motifs is 1. The Balaban J connectivity index is 1.64. The Morgan fingerprint density at radius 1 is 1.20 bits per heavy atom. The molecule has 30 heavy (non-hydrogen) atoms. The molecule has 0 aliphatic carbocycles. The van der Waals surface area contributed by atoms with Gasteiger partial charge in [-0.3, -0.25) is 9.88 Å². The first-order valence-electron chi connectivity index (χ1n) is 10.7. The van der Waals surface area contributed by atoms with Crippen molar-refractivity contribution in [2.45, 2.75) is 77.3 Å². The second-order valence-electron chi connectivity index (χ2n) is 9.60. The summed E-state index contributed by atoms with van der Waals surface area (Å²) in [5.41, 5.74) is 1.55. The molecule has 1 fully saturated rings. The molecule has 0 bridgehead atoms. The molecule has 2 aliphatic rings. The van der Waals surface area contributed by atoms with Gasteiger partial charge in [-0.05, 0) is 42.9 Å². The van der Waals surface area contributed by atoms with Gasteiger partial charge in [-0.25, -0.2) is 4.68 Å². The van der Waals surface area contributed by atoms with Crippen molar-refractivity contribution >= 4 is 5.82 Å². The number of hydrogen-bond donors (Lipinski definition) is 1. The molecule has 5 nitrogen and oxygen atoms in total. The standard InChI is InChI=1S/C22H30F3N5/c1-21(2,3)18-12-19(22(23,24)25)30-20(27-18)11-16(28-30)17-8-4-5-10-29(17)14-15-7-6-9-26-13-15/h6-7,9,11,13,17-19,27H,4-5,8,10,12,14H2,1-3H3/t17-,18-,19+/m0/s1. The molecule has 0 amide bonds. The van der Waals surface area contributed by atoms with E-state index in [-0.39, 0.29) is 23.9 Å². The summed E-state index contributed by atoms with van der Waals surface area (Å²) in [7, 11) is 0. The molecule has 1 N–H and O–H groups in total. The number of likely N-dealkylation sites (tertiary alicyclic amines) is 1. The fourth-order valence-electron chi connectivity index (χ4n) is 4.57. The molecule has 4 heterocycles. The summed E-state index contributed by atoms with van der Waals surface area (Å²) >= 11 is 0. The van der Waals surface area contributed by atoms with Crippen LogP contribution < -0.4 is 5.32 Å². The monoisotopic (exact) mass is 421 g/mol. The molecule has 0 saturated carbocycles. The fraction of sp³-hybridized carbons (Fsp3) is 0.636. The van der Waals surface area contributed by atoms with Gasteiger partial charge >= 0.3 is 6.18 Å². The largest absolute Gasteiger partial charge is 0.410 e. The van der Waals surface area contributed by atoms with Gasteiger partial charge in [0.05, 0.1) is 11.7 Å². The van der Waals surface area contributed by atoms with Crippen molar-refractivity contribution in [2.24, 2.45) is 5.41 Å². The summed E-state index contributed by atoms with van der Waals surface area (Å²) in [4.78, 5) is 6.51. The van der Waals surface area contributed by atoms with E-state index >= 15 is 0 Å². The molecule has 8 heteroatoms. The first-order valence-corrected chi connectivity index (χ1v) is 10.7. The van der Waals surface area contributed by atoms with Crippen LogP contribution >= 0.6 is 0 Å². The molecule has 2 aromatic heterocycles. The lowest BCUT2D eigenvalue weighted by Crippen LogP contribution is -2.44. The number of halogens is 3. The second-order valence-corrected chi connectivity index (χ2v) is 9.60. The Morgan fingerprint density at radius 3 is 2.67 bits per heavy atom. The smallest absolute Gasteiger partial charge is 0.367 e. The Morgan fingerprint density at radius 2 is 2.00 bits per heavy atom. The molecule has 0 radical (unpaired) electrons. The third-order valence-corrected chi connectivity index (χ3v) is 6.32. The van der Waals surface area contributed by atoms with E-state index in [0.29, 0.717) is 5.82 Å².